The highest BCUT2D eigenvalue weighted by Crippen LogP contribution is 2.43. The van der Waals surface area contributed by atoms with Gasteiger partial charge < -0.3 is 19.3 Å². The fourth-order valence-corrected chi connectivity index (χ4v) is 1.94. The molecule has 0 fully saturated rings. The Kier molecular flexibility index (Phi) is 3.26. The molecule has 0 saturated heterocycles. The fourth-order valence-electron chi connectivity index (χ4n) is 1.94. The molecule has 1 aromatic rings. The van der Waals surface area contributed by atoms with Gasteiger partial charge in [0.15, 0.2) is 11.5 Å². The molecule has 1 N–H and O–H groups in total. The van der Waals surface area contributed by atoms with Gasteiger partial charge in [-0.05, 0) is 26.3 Å². The van der Waals surface area contributed by atoms with Crippen LogP contribution in [0.5, 0.6) is 17.2 Å². The lowest BCUT2D eigenvalue weighted by Gasteiger charge is -2.21. The number of carboxylic acids is 1. The Bertz CT molecular complexity index is 524. The van der Waals surface area contributed by atoms with E-state index in [0.29, 0.717) is 5.56 Å². The minimum absolute atomic E-state index is 0.00132. The maximum Gasteiger partial charge on any atom is 0.309 e. The van der Waals surface area contributed by atoms with Crippen LogP contribution in [-0.4, -0.2) is 25.0 Å². The highest BCUT2D eigenvalue weighted by Gasteiger charge is 2.32. The van der Waals surface area contributed by atoms with E-state index in [1.807, 2.05) is 0 Å². The van der Waals surface area contributed by atoms with Gasteiger partial charge >= 0.3 is 5.97 Å². The summed E-state index contributed by atoms with van der Waals surface area (Å²) < 4.78 is 29.3. The second-order valence-electron chi connectivity index (χ2n) is 4.98. The topological polar surface area (TPSA) is 65.0 Å². The number of carboxylic acid groups (broad SMARTS) is 1. The van der Waals surface area contributed by atoms with Crippen molar-refractivity contribution in [3.05, 3.63) is 17.4 Å². The Morgan fingerprint density at radius 3 is 2.79 bits per heavy atom. The van der Waals surface area contributed by atoms with Crippen LogP contribution in [0.1, 0.15) is 19.4 Å². The van der Waals surface area contributed by atoms with Crippen LogP contribution in [0.25, 0.3) is 0 Å². The minimum atomic E-state index is -1.03. The molecule has 19 heavy (non-hydrogen) atoms. The zero-order valence-corrected chi connectivity index (χ0v) is 10.9. The lowest BCUT2D eigenvalue weighted by atomic mass is 9.85. The molecule has 104 valence electrons. The van der Waals surface area contributed by atoms with E-state index in [1.54, 1.807) is 19.9 Å². The molecular formula is C13H15FO5. The summed E-state index contributed by atoms with van der Waals surface area (Å²) in [5, 5.41) is 9.14. The van der Waals surface area contributed by atoms with Gasteiger partial charge in [0.25, 0.3) is 0 Å². The largest absolute Gasteiger partial charge is 0.493 e. The lowest BCUT2D eigenvalue weighted by molar-refractivity contribution is -0.146. The van der Waals surface area contributed by atoms with Gasteiger partial charge in [0.1, 0.15) is 0 Å². The summed E-state index contributed by atoms with van der Waals surface area (Å²) in [5.74, 6) is -1.34. The van der Waals surface area contributed by atoms with Crippen molar-refractivity contribution in [1.29, 1.82) is 0 Å². The molecule has 1 aliphatic rings. The zero-order valence-electron chi connectivity index (χ0n) is 10.9. The van der Waals surface area contributed by atoms with Crippen molar-refractivity contribution in [3.8, 4) is 17.2 Å². The molecule has 0 saturated carbocycles. The number of carbonyl (C=O) groups is 1. The van der Waals surface area contributed by atoms with Crippen molar-refractivity contribution in [2.24, 2.45) is 5.41 Å². The Balaban J connectivity index is 2.46. The second-order valence-corrected chi connectivity index (χ2v) is 4.98. The van der Waals surface area contributed by atoms with Gasteiger partial charge in [0.05, 0.1) is 12.5 Å². The van der Waals surface area contributed by atoms with Crippen molar-refractivity contribution < 1.29 is 28.5 Å². The van der Waals surface area contributed by atoms with E-state index >= 15 is 0 Å². The first-order valence-electron chi connectivity index (χ1n) is 5.75. The monoisotopic (exact) mass is 270 g/mol. The first-order chi connectivity index (χ1) is 8.86. The van der Waals surface area contributed by atoms with E-state index in [4.69, 9.17) is 19.3 Å². The van der Waals surface area contributed by atoms with Crippen LogP contribution in [0.2, 0.25) is 0 Å². The number of hydrogen-bond acceptors (Lipinski definition) is 4. The van der Waals surface area contributed by atoms with Gasteiger partial charge in [0.2, 0.25) is 18.4 Å². The molecule has 1 aliphatic heterocycles. The van der Waals surface area contributed by atoms with E-state index in [1.165, 1.54) is 7.11 Å². The highest BCUT2D eigenvalue weighted by molar-refractivity contribution is 5.74. The number of benzene rings is 1. The molecule has 1 aromatic carbocycles. The number of ether oxygens (including phenoxy) is 3. The maximum atomic E-state index is 14.1. The summed E-state index contributed by atoms with van der Waals surface area (Å²) in [6.07, 6.45) is 0.124. The predicted octanol–water partition coefficient (Wildman–Crippen LogP) is 2.22. The number of aliphatic carboxylic acids is 1. The van der Waals surface area contributed by atoms with Crippen molar-refractivity contribution in [1.82, 2.24) is 0 Å². The van der Waals surface area contributed by atoms with Gasteiger partial charge in [-0.25, -0.2) is 0 Å². The fraction of sp³-hybridized carbons (Fsp3) is 0.462. The molecular weight excluding hydrogens is 255 g/mol. The lowest BCUT2D eigenvalue weighted by Crippen LogP contribution is -2.26. The van der Waals surface area contributed by atoms with Gasteiger partial charge in [-0.3, -0.25) is 4.79 Å². The number of halogens is 1. The van der Waals surface area contributed by atoms with Gasteiger partial charge in [-0.1, -0.05) is 0 Å². The average molecular weight is 270 g/mol. The molecule has 0 spiro atoms. The maximum absolute atomic E-state index is 14.1. The highest BCUT2D eigenvalue weighted by atomic mass is 19.1. The first kappa shape index (κ1) is 13.5. The third kappa shape index (κ3) is 2.30. The zero-order chi connectivity index (χ0) is 14.2. The number of hydrogen-bond donors (Lipinski definition) is 1. The van der Waals surface area contributed by atoms with Crippen LogP contribution in [0.4, 0.5) is 4.39 Å². The van der Waals surface area contributed by atoms with Crippen LogP contribution < -0.4 is 14.2 Å². The first-order valence-corrected chi connectivity index (χ1v) is 5.75. The molecule has 0 radical (unpaired) electrons. The summed E-state index contributed by atoms with van der Waals surface area (Å²) in [6, 6.07) is 1.56. The predicted molar refractivity (Wildman–Crippen MR) is 64.2 cm³/mol. The molecule has 6 heteroatoms. The van der Waals surface area contributed by atoms with Crippen LogP contribution in [0, 0.1) is 11.2 Å². The van der Waals surface area contributed by atoms with E-state index in [2.05, 4.69) is 0 Å². The summed E-state index contributed by atoms with van der Waals surface area (Å²) in [7, 11) is 1.33. The summed E-state index contributed by atoms with van der Waals surface area (Å²) >= 11 is 0. The van der Waals surface area contributed by atoms with Crippen LogP contribution in [0.3, 0.4) is 0 Å². The Morgan fingerprint density at radius 2 is 2.21 bits per heavy atom. The van der Waals surface area contributed by atoms with Crippen molar-refractivity contribution >= 4 is 5.97 Å². The number of methoxy groups -OCH3 is 1. The Labute approximate surface area is 109 Å². The van der Waals surface area contributed by atoms with Crippen LogP contribution in [0.15, 0.2) is 6.07 Å². The van der Waals surface area contributed by atoms with Gasteiger partial charge in [-0.2, -0.15) is 4.39 Å². The molecule has 5 nitrogen and oxygen atoms in total. The van der Waals surface area contributed by atoms with E-state index < -0.39 is 17.2 Å². The van der Waals surface area contributed by atoms with Gasteiger partial charge in [-0.15, -0.1) is 0 Å². The number of rotatable bonds is 4. The van der Waals surface area contributed by atoms with Crippen LogP contribution >= 0.6 is 0 Å². The summed E-state index contributed by atoms with van der Waals surface area (Å²) in [6.45, 7) is 3.08. The van der Waals surface area contributed by atoms with Crippen molar-refractivity contribution in [2.45, 2.75) is 20.3 Å². The normalized spacial score (nSPS) is 13.5. The smallest absolute Gasteiger partial charge is 0.309 e. The third-order valence-corrected chi connectivity index (χ3v) is 3.05. The van der Waals surface area contributed by atoms with E-state index in [9.17, 15) is 9.18 Å². The Hall–Kier alpha value is -1.98. The average Bonchev–Trinajstić information content (AvgIpc) is 2.77. The molecule has 0 aromatic heterocycles. The molecule has 0 bridgehead atoms. The molecule has 0 atom stereocenters. The number of fused-ring (bicyclic) bond motifs is 1. The van der Waals surface area contributed by atoms with Crippen molar-refractivity contribution in [3.63, 3.8) is 0 Å². The molecule has 1 heterocycles. The molecule has 0 aliphatic carbocycles. The standard InChI is InChI=1S/C13H15FO5/c1-13(2,12(15)16)5-7-4-8-11(19-6-18-8)9(14)10(7)17-3/h4H,5-6H2,1-3H3,(H,15,16). The minimum Gasteiger partial charge on any atom is -0.493 e. The summed E-state index contributed by atoms with van der Waals surface area (Å²) in [4.78, 5) is 11.2. The van der Waals surface area contributed by atoms with Crippen molar-refractivity contribution in [2.75, 3.05) is 13.9 Å². The van der Waals surface area contributed by atoms with E-state index in [0.717, 1.165) is 0 Å². The molecule has 2 rings (SSSR count). The summed E-state index contributed by atoms with van der Waals surface area (Å²) in [5.41, 5.74) is -0.593. The molecule has 0 unspecified atom stereocenters. The van der Waals surface area contributed by atoms with Gasteiger partial charge in [0, 0.05) is 5.56 Å². The SMILES string of the molecule is COc1c(CC(C)(C)C(=O)O)cc2c(c1F)OCO2. The van der Waals surface area contributed by atoms with E-state index in [-0.39, 0.29) is 30.5 Å². The Morgan fingerprint density at radius 1 is 1.53 bits per heavy atom. The third-order valence-electron chi connectivity index (χ3n) is 3.05. The molecule has 0 amide bonds. The quantitative estimate of drug-likeness (QED) is 0.908. The second kappa shape index (κ2) is 4.60. The van der Waals surface area contributed by atoms with Crippen LogP contribution in [-0.2, 0) is 11.2 Å².